The van der Waals surface area contributed by atoms with Gasteiger partial charge in [-0.25, -0.2) is 0 Å². The predicted molar refractivity (Wildman–Crippen MR) is 66.8 cm³/mol. The van der Waals surface area contributed by atoms with E-state index in [1.807, 2.05) is 6.92 Å². The van der Waals surface area contributed by atoms with Gasteiger partial charge in [-0.05, 0) is 60.9 Å². The molecule has 0 aromatic carbocycles. The van der Waals surface area contributed by atoms with Crippen LogP contribution in [0, 0.1) is 5.92 Å². The minimum Gasteiger partial charge on any atom is -0.390 e. The normalized spacial score (nSPS) is 19.6. The molecule has 3 heteroatoms. The van der Waals surface area contributed by atoms with Crippen LogP contribution in [0.25, 0.3) is 0 Å². The number of ether oxygens (including phenoxy) is 1. The van der Waals surface area contributed by atoms with Crippen molar-refractivity contribution in [1.29, 1.82) is 0 Å². The molecular formula is C13H20O2S. The molecule has 90 valence electrons. The van der Waals surface area contributed by atoms with Gasteiger partial charge in [0.2, 0.25) is 0 Å². The molecule has 0 bridgehead atoms. The second-order valence-electron chi connectivity index (χ2n) is 4.50. The van der Waals surface area contributed by atoms with Crippen molar-refractivity contribution in [2.75, 3.05) is 6.61 Å². The molecular weight excluding hydrogens is 220 g/mol. The van der Waals surface area contributed by atoms with Crippen LogP contribution in [0.2, 0.25) is 0 Å². The van der Waals surface area contributed by atoms with Gasteiger partial charge >= 0.3 is 0 Å². The molecule has 0 spiro atoms. The first-order chi connectivity index (χ1) is 7.81. The summed E-state index contributed by atoms with van der Waals surface area (Å²) in [5, 5.41) is 14.4. The van der Waals surface area contributed by atoms with Crippen molar-refractivity contribution in [3.63, 3.8) is 0 Å². The van der Waals surface area contributed by atoms with Crippen molar-refractivity contribution in [2.24, 2.45) is 5.92 Å². The van der Waals surface area contributed by atoms with Crippen molar-refractivity contribution in [3.05, 3.63) is 22.4 Å². The summed E-state index contributed by atoms with van der Waals surface area (Å²) in [6.45, 7) is 2.71. The monoisotopic (exact) mass is 240 g/mol. The summed E-state index contributed by atoms with van der Waals surface area (Å²) in [6, 6.07) is 2.13. The lowest BCUT2D eigenvalue weighted by Crippen LogP contribution is -2.31. The van der Waals surface area contributed by atoms with Crippen LogP contribution in [-0.2, 0) is 11.2 Å². The zero-order chi connectivity index (χ0) is 11.4. The lowest BCUT2D eigenvalue weighted by Gasteiger charge is -2.22. The zero-order valence-electron chi connectivity index (χ0n) is 9.76. The van der Waals surface area contributed by atoms with Crippen LogP contribution >= 0.6 is 11.3 Å². The Hall–Kier alpha value is -0.380. The fourth-order valence-corrected chi connectivity index (χ4v) is 2.80. The van der Waals surface area contributed by atoms with Gasteiger partial charge in [-0.1, -0.05) is 0 Å². The molecule has 16 heavy (non-hydrogen) atoms. The lowest BCUT2D eigenvalue weighted by atomic mass is 10.0. The van der Waals surface area contributed by atoms with E-state index in [0.717, 1.165) is 12.8 Å². The van der Waals surface area contributed by atoms with E-state index in [9.17, 15) is 5.11 Å². The minimum atomic E-state index is -0.299. The number of rotatable bonds is 7. The standard InChI is InChI=1S/C13H20O2S/c1-2-15-13(11-4-5-11)12(14)6-3-10-7-8-16-9-10/h7-9,11-14H,2-6H2,1H3. The maximum Gasteiger partial charge on any atom is 0.0861 e. The van der Waals surface area contributed by atoms with E-state index in [2.05, 4.69) is 16.8 Å². The first kappa shape index (κ1) is 12.1. The van der Waals surface area contributed by atoms with Crippen LogP contribution in [0.3, 0.4) is 0 Å². The highest BCUT2D eigenvalue weighted by Crippen LogP contribution is 2.36. The highest BCUT2D eigenvalue weighted by atomic mass is 32.1. The molecule has 2 nitrogen and oxygen atoms in total. The van der Waals surface area contributed by atoms with E-state index >= 15 is 0 Å². The van der Waals surface area contributed by atoms with Crippen LogP contribution < -0.4 is 0 Å². The van der Waals surface area contributed by atoms with Crippen LogP contribution in [-0.4, -0.2) is 23.9 Å². The third-order valence-corrected chi connectivity index (χ3v) is 3.87. The third kappa shape index (κ3) is 3.30. The summed E-state index contributed by atoms with van der Waals surface area (Å²) >= 11 is 1.72. The third-order valence-electron chi connectivity index (χ3n) is 3.13. The molecule has 1 heterocycles. The Bertz CT molecular complexity index is 293. The molecule has 0 saturated heterocycles. The summed E-state index contributed by atoms with van der Waals surface area (Å²) in [6.07, 6.45) is 4.00. The van der Waals surface area contributed by atoms with Crippen LogP contribution in [0.1, 0.15) is 31.7 Å². The van der Waals surface area contributed by atoms with Gasteiger partial charge in [0.15, 0.2) is 0 Å². The first-order valence-electron chi connectivity index (χ1n) is 6.12. The Kier molecular flexibility index (Phi) is 4.38. The van der Waals surface area contributed by atoms with Crippen molar-refractivity contribution >= 4 is 11.3 Å². The lowest BCUT2D eigenvalue weighted by molar-refractivity contribution is -0.0473. The Balaban J connectivity index is 1.78. The number of aryl methyl sites for hydroxylation is 1. The Morgan fingerprint density at radius 1 is 1.56 bits per heavy atom. The van der Waals surface area contributed by atoms with Crippen LogP contribution in [0.4, 0.5) is 0 Å². The number of aliphatic hydroxyl groups is 1. The van der Waals surface area contributed by atoms with E-state index in [-0.39, 0.29) is 12.2 Å². The average Bonchev–Trinajstić information content (AvgIpc) is 2.99. The zero-order valence-corrected chi connectivity index (χ0v) is 10.6. The summed E-state index contributed by atoms with van der Waals surface area (Å²) in [5.74, 6) is 0.609. The topological polar surface area (TPSA) is 29.5 Å². The van der Waals surface area contributed by atoms with Gasteiger partial charge in [0.25, 0.3) is 0 Å². The highest BCUT2D eigenvalue weighted by molar-refractivity contribution is 7.07. The molecule has 1 saturated carbocycles. The fraction of sp³-hybridized carbons (Fsp3) is 0.692. The molecule has 2 atom stereocenters. The quantitative estimate of drug-likeness (QED) is 0.794. The van der Waals surface area contributed by atoms with Gasteiger partial charge in [-0.15, -0.1) is 0 Å². The maximum absolute atomic E-state index is 10.1. The summed E-state index contributed by atoms with van der Waals surface area (Å²) in [7, 11) is 0. The molecule has 2 unspecified atom stereocenters. The van der Waals surface area contributed by atoms with Crippen molar-refractivity contribution in [3.8, 4) is 0 Å². The minimum absolute atomic E-state index is 0.0728. The second-order valence-corrected chi connectivity index (χ2v) is 5.28. The molecule has 1 fully saturated rings. The molecule has 1 aromatic heterocycles. The van der Waals surface area contributed by atoms with Crippen molar-refractivity contribution < 1.29 is 9.84 Å². The largest absolute Gasteiger partial charge is 0.390 e. The molecule has 0 aliphatic heterocycles. The first-order valence-corrected chi connectivity index (χ1v) is 7.06. The van der Waals surface area contributed by atoms with E-state index in [0.29, 0.717) is 12.5 Å². The van der Waals surface area contributed by atoms with Gasteiger partial charge in [-0.2, -0.15) is 11.3 Å². The van der Waals surface area contributed by atoms with Crippen LogP contribution in [0.5, 0.6) is 0 Å². The smallest absolute Gasteiger partial charge is 0.0861 e. The SMILES string of the molecule is CCOC(C(O)CCc1ccsc1)C1CC1. The fourth-order valence-electron chi connectivity index (χ4n) is 2.09. The molecule has 1 aliphatic rings. The van der Waals surface area contributed by atoms with E-state index in [1.54, 1.807) is 11.3 Å². The van der Waals surface area contributed by atoms with Crippen molar-refractivity contribution in [1.82, 2.24) is 0 Å². The van der Waals surface area contributed by atoms with Gasteiger partial charge in [0.1, 0.15) is 0 Å². The Morgan fingerprint density at radius 2 is 2.38 bits per heavy atom. The number of hydrogen-bond donors (Lipinski definition) is 1. The van der Waals surface area contributed by atoms with E-state index < -0.39 is 0 Å². The molecule has 1 aliphatic carbocycles. The van der Waals surface area contributed by atoms with Crippen molar-refractivity contribution in [2.45, 2.75) is 44.8 Å². The van der Waals surface area contributed by atoms with Gasteiger partial charge in [0.05, 0.1) is 12.2 Å². The molecule has 1 aromatic rings. The van der Waals surface area contributed by atoms with E-state index in [1.165, 1.54) is 18.4 Å². The second kappa shape index (κ2) is 5.80. The van der Waals surface area contributed by atoms with E-state index in [4.69, 9.17) is 4.74 Å². The maximum atomic E-state index is 10.1. The number of thiophene rings is 1. The Labute approximate surface area is 101 Å². The van der Waals surface area contributed by atoms with Gasteiger partial charge in [0, 0.05) is 6.61 Å². The highest BCUT2D eigenvalue weighted by Gasteiger charge is 2.36. The molecule has 0 amide bonds. The summed E-state index contributed by atoms with van der Waals surface area (Å²) in [4.78, 5) is 0. The molecule has 0 radical (unpaired) electrons. The summed E-state index contributed by atoms with van der Waals surface area (Å²) in [5.41, 5.74) is 1.33. The number of hydrogen-bond acceptors (Lipinski definition) is 3. The average molecular weight is 240 g/mol. The molecule has 2 rings (SSSR count). The Morgan fingerprint density at radius 3 is 2.94 bits per heavy atom. The predicted octanol–water partition coefficient (Wildman–Crippen LogP) is 2.86. The molecule has 1 N–H and O–H groups in total. The van der Waals surface area contributed by atoms with Crippen LogP contribution in [0.15, 0.2) is 16.8 Å². The number of aliphatic hydroxyl groups excluding tert-OH is 1. The van der Waals surface area contributed by atoms with Gasteiger partial charge in [-0.3, -0.25) is 0 Å². The summed E-state index contributed by atoms with van der Waals surface area (Å²) < 4.78 is 5.65. The van der Waals surface area contributed by atoms with Gasteiger partial charge < -0.3 is 9.84 Å².